The highest BCUT2D eigenvalue weighted by Crippen LogP contribution is 2.24. The summed E-state index contributed by atoms with van der Waals surface area (Å²) in [4.78, 5) is 17.1. The van der Waals surface area contributed by atoms with Crippen molar-refractivity contribution >= 4 is 5.91 Å². The number of amides is 1. The van der Waals surface area contributed by atoms with E-state index in [0.29, 0.717) is 17.7 Å². The predicted molar refractivity (Wildman–Crippen MR) is 82.4 cm³/mol. The zero-order valence-electron chi connectivity index (χ0n) is 13.6. The molecule has 2 heterocycles. The number of likely N-dealkylation sites (tertiary alicyclic amines) is 1. The highest BCUT2D eigenvalue weighted by atomic mass is 16.2. The number of nitrogens with one attached hydrogen (secondary N) is 1. The molecule has 0 saturated carbocycles. The SMILES string of the molecule is CCC1NC(CC(C)C)N(CC2CCN(CC)C2)C1=O. The molecule has 0 spiro atoms. The molecule has 0 radical (unpaired) electrons. The van der Waals surface area contributed by atoms with E-state index in [9.17, 15) is 4.79 Å². The Morgan fingerprint density at radius 2 is 2.10 bits per heavy atom. The Bertz CT molecular complexity index is 332. The summed E-state index contributed by atoms with van der Waals surface area (Å²) in [5.41, 5.74) is 0. The van der Waals surface area contributed by atoms with E-state index in [2.05, 4.69) is 42.8 Å². The molecule has 116 valence electrons. The summed E-state index contributed by atoms with van der Waals surface area (Å²) >= 11 is 0. The molecule has 3 atom stereocenters. The fraction of sp³-hybridized carbons (Fsp3) is 0.938. The van der Waals surface area contributed by atoms with Gasteiger partial charge in [0.05, 0.1) is 12.2 Å². The minimum Gasteiger partial charge on any atom is -0.325 e. The number of rotatable bonds is 6. The maximum atomic E-state index is 12.5. The molecule has 0 aromatic heterocycles. The van der Waals surface area contributed by atoms with Crippen molar-refractivity contribution in [2.45, 2.75) is 59.2 Å². The quantitative estimate of drug-likeness (QED) is 0.808. The van der Waals surface area contributed by atoms with Gasteiger partial charge < -0.3 is 9.80 Å². The smallest absolute Gasteiger partial charge is 0.241 e. The molecule has 4 heteroatoms. The van der Waals surface area contributed by atoms with Crippen molar-refractivity contribution in [2.75, 3.05) is 26.2 Å². The maximum Gasteiger partial charge on any atom is 0.241 e. The molecule has 2 saturated heterocycles. The highest BCUT2D eigenvalue weighted by molar-refractivity contribution is 5.84. The normalized spacial score (nSPS) is 31.8. The van der Waals surface area contributed by atoms with Crippen LogP contribution in [0.1, 0.15) is 47.0 Å². The second-order valence-electron chi connectivity index (χ2n) is 6.81. The third-order valence-corrected chi connectivity index (χ3v) is 4.73. The molecule has 2 aliphatic heterocycles. The molecular formula is C16H31N3O. The molecule has 2 aliphatic rings. The second-order valence-corrected chi connectivity index (χ2v) is 6.81. The molecule has 20 heavy (non-hydrogen) atoms. The lowest BCUT2D eigenvalue weighted by Gasteiger charge is -2.28. The zero-order chi connectivity index (χ0) is 14.7. The van der Waals surface area contributed by atoms with E-state index in [4.69, 9.17) is 0 Å². The van der Waals surface area contributed by atoms with Crippen LogP contribution in [0.4, 0.5) is 0 Å². The highest BCUT2D eigenvalue weighted by Gasteiger charge is 2.39. The van der Waals surface area contributed by atoms with Gasteiger partial charge in [-0.3, -0.25) is 10.1 Å². The van der Waals surface area contributed by atoms with Gasteiger partial charge in [0.2, 0.25) is 5.91 Å². The summed E-state index contributed by atoms with van der Waals surface area (Å²) in [7, 11) is 0. The Morgan fingerprint density at radius 3 is 2.65 bits per heavy atom. The zero-order valence-corrected chi connectivity index (χ0v) is 13.6. The van der Waals surface area contributed by atoms with Gasteiger partial charge in [0.15, 0.2) is 0 Å². The molecule has 2 rings (SSSR count). The summed E-state index contributed by atoms with van der Waals surface area (Å²) in [6, 6.07) is 0.0439. The van der Waals surface area contributed by atoms with E-state index in [1.54, 1.807) is 0 Å². The van der Waals surface area contributed by atoms with Gasteiger partial charge in [-0.05, 0) is 44.2 Å². The van der Waals surface area contributed by atoms with Crippen molar-refractivity contribution in [3.63, 3.8) is 0 Å². The molecule has 0 bridgehead atoms. The lowest BCUT2D eigenvalue weighted by molar-refractivity contribution is -0.130. The first kappa shape index (κ1) is 15.8. The number of carbonyl (C=O) groups is 1. The monoisotopic (exact) mass is 281 g/mol. The van der Waals surface area contributed by atoms with Crippen LogP contribution in [0.15, 0.2) is 0 Å². The summed E-state index contributed by atoms with van der Waals surface area (Å²) in [6.45, 7) is 13.2. The topological polar surface area (TPSA) is 35.6 Å². The van der Waals surface area contributed by atoms with Crippen molar-refractivity contribution in [3.8, 4) is 0 Å². The van der Waals surface area contributed by atoms with E-state index in [0.717, 1.165) is 32.5 Å². The van der Waals surface area contributed by atoms with Crippen LogP contribution in [0.3, 0.4) is 0 Å². The Balaban J connectivity index is 1.97. The number of carbonyl (C=O) groups excluding carboxylic acids is 1. The van der Waals surface area contributed by atoms with Gasteiger partial charge >= 0.3 is 0 Å². The number of hydrogen-bond acceptors (Lipinski definition) is 3. The fourth-order valence-electron chi connectivity index (χ4n) is 3.53. The standard InChI is InChI=1S/C16H31N3O/c1-5-14-16(20)19(15(17-14)9-12(3)4)11-13-7-8-18(6-2)10-13/h12-15,17H,5-11H2,1-4H3. The van der Waals surface area contributed by atoms with Crippen LogP contribution >= 0.6 is 0 Å². The molecule has 0 aliphatic carbocycles. The first-order chi connectivity index (χ1) is 9.55. The Labute approximate surface area is 123 Å². The molecule has 1 amide bonds. The number of hydrogen-bond donors (Lipinski definition) is 1. The Hall–Kier alpha value is -0.610. The van der Waals surface area contributed by atoms with E-state index in [1.165, 1.54) is 13.0 Å². The van der Waals surface area contributed by atoms with Crippen molar-refractivity contribution in [1.29, 1.82) is 0 Å². The fourth-order valence-corrected chi connectivity index (χ4v) is 3.53. The molecule has 1 N–H and O–H groups in total. The van der Waals surface area contributed by atoms with Gasteiger partial charge in [-0.25, -0.2) is 0 Å². The minimum absolute atomic E-state index is 0.0439. The summed E-state index contributed by atoms with van der Waals surface area (Å²) < 4.78 is 0. The van der Waals surface area contributed by atoms with E-state index >= 15 is 0 Å². The molecule has 3 unspecified atom stereocenters. The lowest BCUT2D eigenvalue weighted by Crippen LogP contribution is -2.41. The third kappa shape index (κ3) is 3.53. The van der Waals surface area contributed by atoms with E-state index in [1.807, 2.05) is 0 Å². The van der Waals surface area contributed by atoms with Crippen LogP contribution in [0.2, 0.25) is 0 Å². The van der Waals surface area contributed by atoms with Crippen LogP contribution in [0.25, 0.3) is 0 Å². The average Bonchev–Trinajstić information content (AvgIpc) is 2.97. The molecular weight excluding hydrogens is 250 g/mol. The second kappa shape index (κ2) is 6.90. The maximum absolute atomic E-state index is 12.5. The average molecular weight is 281 g/mol. The summed E-state index contributed by atoms with van der Waals surface area (Å²) in [5, 5.41) is 3.53. The van der Waals surface area contributed by atoms with Crippen molar-refractivity contribution in [2.24, 2.45) is 11.8 Å². The minimum atomic E-state index is 0.0439. The summed E-state index contributed by atoms with van der Waals surface area (Å²) in [6.07, 6.45) is 3.45. The van der Waals surface area contributed by atoms with Crippen LogP contribution in [-0.2, 0) is 4.79 Å². The Morgan fingerprint density at radius 1 is 1.35 bits per heavy atom. The molecule has 4 nitrogen and oxygen atoms in total. The largest absolute Gasteiger partial charge is 0.325 e. The number of nitrogens with zero attached hydrogens (tertiary/aromatic N) is 2. The molecule has 0 aromatic carbocycles. The van der Waals surface area contributed by atoms with Gasteiger partial charge in [0.25, 0.3) is 0 Å². The van der Waals surface area contributed by atoms with Crippen molar-refractivity contribution in [3.05, 3.63) is 0 Å². The van der Waals surface area contributed by atoms with Gasteiger partial charge in [-0.1, -0.05) is 27.7 Å². The van der Waals surface area contributed by atoms with Gasteiger partial charge in [0, 0.05) is 13.1 Å². The van der Waals surface area contributed by atoms with Gasteiger partial charge in [0.1, 0.15) is 0 Å². The van der Waals surface area contributed by atoms with Crippen LogP contribution < -0.4 is 5.32 Å². The van der Waals surface area contributed by atoms with E-state index < -0.39 is 0 Å². The van der Waals surface area contributed by atoms with E-state index in [-0.39, 0.29) is 12.2 Å². The van der Waals surface area contributed by atoms with Gasteiger partial charge in [-0.15, -0.1) is 0 Å². The van der Waals surface area contributed by atoms with Crippen LogP contribution in [0.5, 0.6) is 0 Å². The van der Waals surface area contributed by atoms with Gasteiger partial charge in [-0.2, -0.15) is 0 Å². The van der Waals surface area contributed by atoms with Crippen molar-refractivity contribution < 1.29 is 4.79 Å². The third-order valence-electron chi connectivity index (χ3n) is 4.73. The van der Waals surface area contributed by atoms with Crippen LogP contribution in [0, 0.1) is 11.8 Å². The summed E-state index contributed by atoms with van der Waals surface area (Å²) in [5.74, 6) is 1.60. The first-order valence-corrected chi connectivity index (χ1v) is 8.34. The lowest BCUT2D eigenvalue weighted by atomic mass is 10.1. The predicted octanol–water partition coefficient (Wildman–Crippen LogP) is 1.91. The van der Waals surface area contributed by atoms with Crippen molar-refractivity contribution in [1.82, 2.24) is 15.1 Å². The molecule has 2 fully saturated rings. The first-order valence-electron chi connectivity index (χ1n) is 8.34. The van der Waals surface area contributed by atoms with Crippen LogP contribution in [-0.4, -0.2) is 54.1 Å². The Kier molecular flexibility index (Phi) is 5.44. The molecule has 0 aromatic rings.